The van der Waals surface area contributed by atoms with E-state index in [1.807, 2.05) is 13.0 Å². The van der Waals surface area contributed by atoms with E-state index in [9.17, 15) is 13.2 Å². The van der Waals surface area contributed by atoms with Crippen molar-refractivity contribution in [2.75, 3.05) is 13.1 Å². The molecule has 1 aliphatic rings. The van der Waals surface area contributed by atoms with E-state index in [1.165, 1.54) is 10.4 Å². The molecule has 1 N–H and O–H groups in total. The van der Waals surface area contributed by atoms with Crippen molar-refractivity contribution in [3.05, 3.63) is 28.2 Å². The number of benzene rings is 1. The standard InChI is InChI=1S/C13H16BrNO4S/c1-9-4-2-6-11(12(9)14)20(18,19)15-7-3-5-10(8-15)13(16)17/h2,4,6,10H,3,5,7-8H2,1H3,(H,16,17). The fraction of sp³-hybridized carbons (Fsp3) is 0.462. The maximum Gasteiger partial charge on any atom is 0.307 e. The van der Waals surface area contributed by atoms with Crippen molar-refractivity contribution < 1.29 is 18.3 Å². The van der Waals surface area contributed by atoms with Gasteiger partial charge in [-0.05, 0) is 47.3 Å². The van der Waals surface area contributed by atoms with E-state index in [0.29, 0.717) is 23.9 Å². The van der Waals surface area contributed by atoms with Crippen LogP contribution < -0.4 is 0 Å². The molecule has 1 saturated heterocycles. The van der Waals surface area contributed by atoms with Gasteiger partial charge in [0.2, 0.25) is 10.0 Å². The summed E-state index contributed by atoms with van der Waals surface area (Å²) in [5, 5.41) is 9.06. The van der Waals surface area contributed by atoms with Gasteiger partial charge in [0.05, 0.1) is 10.8 Å². The summed E-state index contributed by atoms with van der Waals surface area (Å²) >= 11 is 3.30. The van der Waals surface area contributed by atoms with Crippen molar-refractivity contribution in [2.24, 2.45) is 5.92 Å². The summed E-state index contributed by atoms with van der Waals surface area (Å²) in [5.41, 5.74) is 0.831. The molecule has 1 atom stereocenters. The van der Waals surface area contributed by atoms with Gasteiger partial charge in [-0.1, -0.05) is 12.1 Å². The van der Waals surface area contributed by atoms with E-state index in [0.717, 1.165) is 5.56 Å². The first kappa shape index (κ1) is 15.5. The smallest absolute Gasteiger partial charge is 0.307 e. The summed E-state index contributed by atoms with van der Waals surface area (Å²) < 4.78 is 27.1. The van der Waals surface area contributed by atoms with Gasteiger partial charge in [-0.3, -0.25) is 4.79 Å². The highest BCUT2D eigenvalue weighted by atomic mass is 79.9. The predicted molar refractivity (Wildman–Crippen MR) is 78.0 cm³/mol. The number of rotatable bonds is 3. The zero-order valence-electron chi connectivity index (χ0n) is 11.0. The topological polar surface area (TPSA) is 74.7 Å². The quantitative estimate of drug-likeness (QED) is 0.895. The van der Waals surface area contributed by atoms with Crippen LogP contribution in [0.5, 0.6) is 0 Å². The average molecular weight is 362 g/mol. The van der Waals surface area contributed by atoms with Gasteiger partial charge in [0.1, 0.15) is 0 Å². The molecule has 0 aliphatic carbocycles. The molecule has 0 aromatic heterocycles. The van der Waals surface area contributed by atoms with Gasteiger partial charge < -0.3 is 5.11 Å². The molecule has 1 aromatic rings. The maximum atomic E-state index is 12.6. The van der Waals surface area contributed by atoms with Crippen LogP contribution in [0.4, 0.5) is 0 Å². The summed E-state index contributed by atoms with van der Waals surface area (Å²) in [6, 6.07) is 5.04. The molecule has 1 heterocycles. The van der Waals surface area contributed by atoms with Crippen LogP contribution in [0.1, 0.15) is 18.4 Å². The fourth-order valence-corrected chi connectivity index (χ4v) is 4.86. The van der Waals surface area contributed by atoms with Gasteiger partial charge in [0.25, 0.3) is 0 Å². The van der Waals surface area contributed by atoms with Crippen molar-refractivity contribution in [1.29, 1.82) is 0 Å². The first-order chi connectivity index (χ1) is 9.34. The summed E-state index contributed by atoms with van der Waals surface area (Å²) in [6.45, 7) is 2.23. The first-order valence-corrected chi connectivity index (χ1v) is 8.55. The highest BCUT2D eigenvalue weighted by molar-refractivity contribution is 9.10. The molecule has 7 heteroatoms. The molecule has 20 heavy (non-hydrogen) atoms. The molecule has 0 saturated carbocycles. The summed E-state index contributed by atoms with van der Waals surface area (Å²) in [7, 11) is -3.66. The predicted octanol–water partition coefficient (Wildman–Crippen LogP) is 2.24. The fourth-order valence-electron chi connectivity index (χ4n) is 2.32. The zero-order chi connectivity index (χ0) is 14.9. The van der Waals surface area contributed by atoms with Crippen LogP contribution in [-0.4, -0.2) is 36.9 Å². The summed E-state index contributed by atoms with van der Waals surface area (Å²) in [5.74, 6) is -1.56. The first-order valence-electron chi connectivity index (χ1n) is 6.32. The van der Waals surface area contributed by atoms with Crippen LogP contribution >= 0.6 is 15.9 Å². The van der Waals surface area contributed by atoms with Crippen molar-refractivity contribution in [3.8, 4) is 0 Å². The molecule has 0 bridgehead atoms. The largest absolute Gasteiger partial charge is 0.481 e. The molecule has 110 valence electrons. The van der Waals surface area contributed by atoms with Crippen LogP contribution in [0.2, 0.25) is 0 Å². The molecule has 0 radical (unpaired) electrons. The number of hydrogen-bond donors (Lipinski definition) is 1. The van der Waals surface area contributed by atoms with Gasteiger partial charge in [-0.15, -0.1) is 0 Å². The molecule has 0 amide bonds. The Morgan fingerprint density at radius 3 is 2.80 bits per heavy atom. The second kappa shape index (κ2) is 5.83. The number of carbonyl (C=O) groups is 1. The number of hydrogen-bond acceptors (Lipinski definition) is 3. The minimum atomic E-state index is -3.66. The lowest BCUT2D eigenvalue weighted by molar-refractivity contribution is -0.142. The van der Waals surface area contributed by atoms with Gasteiger partial charge in [-0.2, -0.15) is 4.31 Å². The van der Waals surface area contributed by atoms with E-state index in [-0.39, 0.29) is 11.4 Å². The second-order valence-electron chi connectivity index (χ2n) is 4.93. The monoisotopic (exact) mass is 361 g/mol. The molecule has 0 spiro atoms. The van der Waals surface area contributed by atoms with Crippen molar-refractivity contribution in [1.82, 2.24) is 4.31 Å². The third kappa shape index (κ3) is 2.89. The maximum absolute atomic E-state index is 12.6. The lowest BCUT2D eigenvalue weighted by Gasteiger charge is -2.30. The van der Waals surface area contributed by atoms with Crippen LogP contribution in [-0.2, 0) is 14.8 Å². The van der Waals surface area contributed by atoms with Crippen LogP contribution in [0.25, 0.3) is 0 Å². The third-order valence-electron chi connectivity index (χ3n) is 3.51. The van der Waals surface area contributed by atoms with Gasteiger partial charge in [0, 0.05) is 17.6 Å². The van der Waals surface area contributed by atoms with Crippen LogP contribution in [0.15, 0.2) is 27.6 Å². The van der Waals surface area contributed by atoms with Gasteiger partial charge >= 0.3 is 5.97 Å². The lowest BCUT2D eigenvalue weighted by atomic mass is 10.0. The van der Waals surface area contributed by atoms with E-state index < -0.39 is 21.9 Å². The van der Waals surface area contributed by atoms with Crippen molar-refractivity contribution in [3.63, 3.8) is 0 Å². The Hall–Kier alpha value is -0.920. The molecule has 5 nitrogen and oxygen atoms in total. The number of carboxylic acids is 1. The highest BCUT2D eigenvalue weighted by Crippen LogP contribution is 2.30. The molecular weight excluding hydrogens is 346 g/mol. The Balaban J connectivity index is 2.35. The molecule has 1 fully saturated rings. The van der Waals surface area contributed by atoms with Gasteiger partial charge in [-0.25, -0.2) is 8.42 Å². The van der Waals surface area contributed by atoms with E-state index in [4.69, 9.17) is 5.11 Å². The number of aryl methyl sites for hydroxylation is 1. The molecule has 2 rings (SSSR count). The summed E-state index contributed by atoms with van der Waals surface area (Å²) in [6.07, 6.45) is 1.09. The number of carboxylic acid groups (broad SMARTS) is 1. The number of sulfonamides is 1. The van der Waals surface area contributed by atoms with Gasteiger partial charge in [0.15, 0.2) is 0 Å². The Morgan fingerprint density at radius 2 is 2.15 bits per heavy atom. The third-order valence-corrected chi connectivity index (χ3v) is 6.73. The molecular formula is C13H16BrNO4S. The number of halogens is 1. The minimum absolute atomic E-state index is 0.0397. The van der Waals surface area contributed by atoms with Crippen molar-refractivity contribution in [2.45, 2.75) is 24.7 Å². The SMILES string of the molecule is Cc1cccc(S(=O)(=O)N2CCCC(C(=O)O)C2)c1Br. The number of piperidine rings is 1. The second-order valence-corrected chi connectivity index (χ2v) is 7.63. The molecule has 1 aromatic carbocycles. The highest BCUT2D eigenvalue weighted by Gasteiger charge is 2.34. The zero-order valence-corrected chi connectivity index (χ0v) is 13.4. The Bertz CT molecular complexity index is 629. The molecule has 1 aliphatic heterocycles. The average Bonchev–Trinajstić information content (AvgIpc) is 2.41. The lowest BCUT2D eigenvalue weighted by Crippen LogP contribution is -2.42. The Morgan fingerprint density at radius 1 is 1.45 bits per heavy atom. The minimum Gasteiger partial charge on any atom is -0.481 e. The number of nitrogens with zero attached hydrogens (tertiary/aromatic N) is 1. The Kier molecular flexibility index (Phi) is 4.51. The molecule has 1 unspecified atom stereocenters. The van der Waals surface area contributed by atoms with E-state index >= 15 is 0 Å². The van der Waals surface area contributed by atoms with Crippen molar-refractivity contribution >= 4 is 31.9 Å². The Labute approximate surface area is 126 Å². The normalized spacial score (nSPS) is 20.8. The van der Waals surface area contributed by atoms with E-state index in [1.54, 1.807) is 6.07 Å². The van der Waals surface area contributed by atoms with Crippen LogP contribution in [0, 0.1) is 12.8 Å². The summed E-state index contributed by atoms with van der Waals surface area (Å²) in [4.78, 5) is 11.3. The van der Waals surface area contributed by atoms with E-state index in [2.05, 4.69) is 15.9 Å². The number of aliphatic carboxylic acids is 1. The van der Waals surface area contributed by atoms with Crippen LogP contribution in [0.3, 0.4) is 0 Å².